The molecular weight excluding hydrogens is 188 g/mol. The van der Waals surface area contributed by atoms with Crippen molar-refractivity contribution in [2.75, 3.05) is 0 Å². The van der Waals surface area contributed by atoms with Crippen molar-refractivity contribution in [3.63, 3.8) is 0 Å². The van der Waals surface area contributed by atoms with E-state index in [1.165, 1.54) is 0 Å². The van der Waals surface area contributed by atoms with Gasteiger partial charge >= 0.3 is 0 Å². The van der Waals surface area contributed by atoms with Gasteiger partial charge in [0.2, 0.25) is 0 Å². The van der Waals surface area contributed by atoms with Crippen LogP contribution in [0.15, 0.2) is 12.1 Å². The lowest BCUT2D eigenvalue weighted by atomic mass is 10.2. The molecule has 0 fully saturated rings. The van der Waals surface area contributed by atoms with Gasteiger partial charge < -0.3 is 5.73 Å². The van der Waals surface area contributed by atoms with Crippen LogP contribution in [0.4, 0.5) is 0 Å². The van der Waals surface area contributed by atoms with Crippen LogP contribution in [-0.4, -0.2) is 10.9 Å². The Bertz CT molecular complexity index is 300. The lowest BCUT2D eigenvalue weighted by Crippen LogP contribution is -2.14. The van der Waals surface area contributed by atoms with E-state index < -0.39 is 5.91 Å². The average Bonchev–Trinajstić information content (AvgIpc) is 2.12. The van der Waals surface area contributed by atoms with E-state index in [4.69, 9.17) is 17.3 Å². The Hall–Kier alpha value is -1.09. The summed E-state index contributed by atoms with van der Waals surface area (Å²) in [5.74, 6) is -0.551. The smallest absolute Gasteiger partial charge is 0.267 e. The number of hydrogen-bond acceptors (Lipinski definition) is 2. The maximum atomic E-state index is 10.7. The van der Waals surface area contributed by atoms with Gasteiger partial charge in [-0.15, -0.1) is 0 Å². The van der Waals surface area contributed by atoms with E-state index in [0.717, 1.165) is 5.56 Å². The summed E-state index contributed by atoms with van der Waals surface area (Å²) in [6.07, 6.45) is 0. The highest BCUT2D eigenvalue weighted by Gasteiger charge is 2.05. The van der Waals surface area contributed by atoms with E-state index in [1.54, 1.807) is 19.1 Å². The van der Waals surface area contributed by atoms with Crippen LogP contribution in [0, 0.1) is 6.92 Å². The van der Waals surface area contributed by atoms with Crippen molar-refractivity contribution in [2.45, 2.75) is 20.8 Å². The number of aromatic nitrogens is 1. The van der Waals surface area contributed by atoms with Crippen LogP contribution in [0.5, 0.6) is 0 Å². The Morgan fingerprint density at radius 3 is 2.38 bits per heavy atom. The van der Waals surface area contributed by atoms with Gasteiger partial charge in [0, 0.05) is 0 Å². The molecular formula is C9H13ClN2O. The predicted octanol–water partition coefficient (Wildman–Crippen LogP) is 2.17. The number of nitrogens with two attached hydrogens (primary N) is 1. The van der Waals surface area contributed by atoms with E-state index >= 15 is 0 Å². The number of carbonyl (C=O) groups excluding carboxylic acids is 1. The minimum Gasteiger partial charge on any atom is -0.364 e. The first kappa shape index (κ1) is 11.9. The van der Waals surface area contributed by atoms with Gasteiger partial charge in [0.25, 0.3) is 5.91 Å². The highest BCUT2D eigenvalue weighted by molar-refractivity contribution is 6.29. The zero-order valence-corrected chi connectivity index (χ0v) is 8.72. The van der Waals surface area contributed by atoms with Crippen LogP contribution >= 0.6 is 11.6 Å². The van der Waals surface area contributed by atoms with Gasteiger partial charge in [-0.05, 0) is 18.6 Å². The van der Waals surface area contributed by atoms with Gasteiger partial charge in [-0.2, -0.15) is 0 Å². The first-order chi connectivity index (χ1) is 6.11. The molecule has 0 spiro atoms. The summed E-state index contributed by atoms with van der Waals surface area (Å²) in [6, 6.07) is 3.32. The Morgan fingerprint density at radius 1 is 1.46 bits per heavy atom. The van der Waals surface area contributed by atoms with Crippen molar-refractivity contribution in [1.82, 2.24) is 4.98 Å². The molecule has 0 saturated heterocycles. The minimum atomic E-state index is -0.551. The van der Waals surface area contributed by atoms with Crippen LogP contribution in [0.25, 0.3) is 0 Å². The summed E-state index contributed by atoms with van der Waals surface area (Å²) in [5.41, 5.74) is 6.00. The second-order valence-corrected chi connectivity index (χ2v) is 2.55. The molecule has 0 aliphatic rings. The molecule has 3 nitrogen and oxygen atoms in total. The summed E-state index contributed by atoms with van der Waals surface area (Å²) in [7, 11) is 0. The molecule has 1 aromatic heterocycles. The van der Waals surface area contributed by atoms with Crippen LogP contribution < -0.4 is 5.73 Å². The topological polar surface area (TPSA) is 56.0 Å². The van der Waals surface area contributed by atoms with Crippen molar-refractivity contribution in [1.29, 1.82) is 0 Å². The lowest BCUT2D eigenvalue weighted by Gasteiger charge is -1.98. The third-order valence-corrected chi connectivity index (χ3v) is 1.51. The normalized spacial score (nSPS) is 8.62. The molecule has 1 rings (SSSR count). The maximum Gasteiger partial charge on any atom is 0.267 e. The molecule has 2 N–H and O–H groups in total. The van der Waals surface area contributed by atoms with E-state index in [1.807, 2.05) is 13.8 Å². The largest absolute Gasteiger partial charge is 0.364 e. The van der Waals surface area contributed by atoms with E-state index in [2.05, 4.69) is 4.98 Å². The van der Waals surface area contributed by atoms with Gasteiger partial charge in [0.15, 0.2) is 0 Å². The van der Waals surface area contributed by atoms with Gasteiger partial charge in [-0.3, -0.25) is 4.79 Å². The lowest BCUT2D eigenvalue weighted by molar-refractivity contribution is 0.0995. The molecule has 72 valence electrons. The minimum absolute atomic E-state index is 0.234. The molecule has 0 aromatic carbocycles. The third kappa shape index (κ3) is 3.42. The first-order valence-electron chi connectivity index (χ1n) is 4.04. The van der Waals surface area contributed by atoms with Crippen molar-refractivity contribution in [2.24, 2.45) is 5.73 Å². The fourth-order valence-corrected chi connectivity index (χ4v) is 0.902. The second-order valence-electron chi connectivity index (χ2n) is 2.16. The Balaban J connectivity index is 0.000000671. The molecule has 4 heteroatoms. The quantitative estimate of drug-likeness (QED) is 0.707. The molecule has 0 aliphatic heterocycles. The number of halogens is 1. The van der Waals surface area contributed by atoms with Crippen LogP contribution in [-0.2, 0) is 0 Å². The van der Waals surface area contributed by atoms with Crippen LogP contribution in [0.3, 0.4) is 0 Å². The molecule has 0 aliphatic carbocycles. The molecule has 0 saturated carbocycles. The fraction of sp³-hybridized carbons (Fsp3) is 0.333. The van der Waals surface area contributed by atoms with Gasteiger partial charge in [0.05, 0.1) is 0 Å². The summed E-state index contributed by atoms with van der Waals surface area (Å²) < 4.78 is 0. The standard InChI is InChI=1S/C7H7ClN2O.C2H6/c1-4-2-3-5(8)10-6(4)7(9)11;1-2/h2-3H,1H3,(H2,9,11);1-2H3. The summed E-state index contributed by atoms with van der Waals surface area (Å²) in [6.45, 7) is 5.75. The molecule has 0 unspecified atom stereocenters. The van der Waals surface area contributed by atoms with E-state index in [0.29, 0.717) is 0 Å². The Kier molecular flexibility index (Phi) is 5.07. The summed E-state index contributed by atoms with van der Waals surface area (Å²) in [5, 5.41) is 0.282. The molecule has 1 aromatic rings. The van der Waals surface area contributed by atoms with Gasteiger partial charge in [-0.25, -0.2) is 4.98 Å². The molecule has 1 heterocycles. The third-order valence-electron chi connectivity index (χ3n) is 1.30. The first-order valence-corrected chi connectivity index (χ1v) is 4.42. The van der Waals surface area contributed by atoms with Crippen LogP contribution in [0.1, 0.15) is 29.9 Å². The number of hydrogen-bond donors (Lipinski definition) is 1. The van der Waals surface area contributed by atoms with Gasteiger partial charge in [-0.1, -0.05) is 31.5 Å². The van der Waals surface area contributed by atoms with Crippen molar-refractivity contribution >= 4 is 17.5 Å². The number of aryl methyl sites for hydroxylation is 1. The monoisotopic (exact) mass is 200 g/mol. The van der Waals surface area contributed by atoms with Gasteiger partial charge in [0.1, 0.15) is 10.8 Å². The Labute approximate surface area is 82.9 Å². The molecule has 13 heavy (non-hydrogen) atoms. The zero-order valence-electron chi connectivity index (χ0n) is 7.97. The number of primary amides is 1. The molecule has 1 amide bonds. The number of amides is 1. The highest BCUT2D eigenvalue weighted by atomic mass is 35.5. The number of rotatable bonds is 1. The molecule has 0 atom stereocenters. The fourth-order valence-electron chi connectivity index (χ4n) is 0.754. The number of nitrogens with zero attached hydrogens (tertiary/aromatic N) is 1. The predicted molar refractivity (Wildman–Crippen MR) is 53.8 cm³/mol. The van der Waals surface area contributed by atoms with Crippen molar-refractivity contribution < 1.29 is 4.79 Å². The van der Waals surface area contributed by atoms with E-state index in [9.17, 15) is 4.79 Å². The summed E-state index contributed by atoms with van der Waals surface area (Å²) >= 11 is 5.54. The molecule has 0 radical (unpaired) electrons. The number of carbonyl (C=O) groups is 1. The van der Waals surface area contributed by atoms with Crippen molar-refractivity contribution in [3.8, 4) is 0 Å². The average molecular weight is 201 g/mol. The SMILES string of the molecule is CC.Cc1ccc(Cl)nc1C(N)=O. The molecule has 0 bridgehead atoms. The second kappa shape index (κ2) is 5.54. The Morgan fingerprint density at radius 2 is 2.00 bits per heavy atom. The zero-order chi connectivity index (χ0) is 10.4. The number of pyridine rings is 1. The summed E-state index contributed by atoms with van der Waals surface area (Å²) in [4.78, 5) is 14.4. The maximum absolute atomic E-state index is 10.7. The van der Waals surface area contributed by atoms with E-state index in [-0.39, 0.29) is 10.8 Å². The van der Waals surface area contributed by atoms with Crippen LogP contribution in [0.2, 0.25) is 5.15 Å². The van der Waals surface area contributed by atoms with Crippen molar-refractivity contribution in [3.05, 3.63) is 28.5 Å². The highest BCUT2D eigenvalue weighted by Crippen LogP contribution is 2.09.